The van der Waals surface area contributed by atoms with Gasteiger partial charge in [0.25, 0.3) is 0 Å². The van der Waals surface area contributed by atoms with Gasteiger partial charge in [-0.25, -0.2) is 4.79 Å². The molecule has 2 heterocycles. The number of amides is 1. The molecule has 0 radical (unpaired) electrons. The van der Waals surface area contributed by atoms with Crippen molar-refractivity contribution in [1.29, 1.82) is 0 Å². The van der Waals surface area contributed by atoms with Crippen LogP contribution in [0.1, 0.15) is 57.2 Å². The van der Waals surface area contributed by atoms with Crippen molar-refractivity contribution in [3.05, 3.63) is 59.8 Å². The van der Waals surface area contributed by atoms with E-state index in [2.05, 4.69) is 10.3 Å². The van der Waals surface area contributed by atoms with Crippen molar-refractivity contribution in [2.75, 3.05) is 12.0 Å². The number of aromatic nitrogens is 1. The van der Waals surface area contributed by atoms with Crippen LogP contribution < -0.4 is 15.0 Å². The number of carbonyl (C=O) groups excluding carboxylic acids is 2. The summed E-state index contributed by atoms with van der Waals surface area (Å²) in [6.07, 6.45) is 1.13. The predicted octanol–water partition coefficient (Wildman–Crippen LogP) is 4.06. The SMILES string of the molecule is CCC(C)C(NC(Cc1c(C(C)C(=O)O)[nH]c2ccccc12)C(=O)Oc1ccc(N2C(=O)CCC2OC)cc1)C(=O)O. The Morgan fingerprint density at radius 1 is 1.07 bits per heavy atom. The third kappa shape index (κ3) is 6.47. The zero-order valence-corrected chi connectivity index (χ0v) is 24.1. The molecule has 11 nitrogen and oxygen atoms in total. The molecular weight excluding hydrogens is 542 g/mol. The van der Waals surface area contributed by atoms with Crippen molar-refractivity contribution in [2.45, 2.75) is 70.7 Å². The summed E-state index contributed by atoms with van der Waals surface area (Å²) in [5.74, 6) is -3.91. The number of para-hydroxylation sites is 1. The summed E-state index contributed by atoms with van der Waals surface area (Å²) in [5, 5.41) is 23.5. The number of rotatable bonds is 13. The topological polar surface area (TPSA) is 158 Å². The molecule has 0 bridgehead atoms. The van der Waals surface area contributed by atoms with E-state index in [0.29, 0.717) is 41.7 Å². The quantitative estimate of drug-likeness (QED) is 0.173. The highest BCUT2D eigenvalue weighted by molar-refractivity contribution is 5.96. The van der Waals surface area contributed by atoms with Crippen LogP contribution in [0.25, 0.3) is 10.9 Å². The number of H-pyrrole nitrogens is 1. The van der Waals surface area contributed by atoms with E-state index in [1.54, 1.807) is 50.1 Å². The summed E-state index contributed by atoms with van der Waals surface area (Å²) < 4.78 is 11.1. The first-order chi connectivity index (χ1) is 20.0. The number of nitrogens with zero attached hydrogens (tertiary/aromatic N) is 1. The molecule has 224 valence electrons. The van der Waals surface area contributed by atoms with E-state index in [0.717, 1.165) is 5.39 Å². The molecule has 1 aliphatic heterocycles. The molecule has 4 N–H and O–H groups in total. The fraction of sp³-hybridized carbons (Fsp3) is 0.419. The van der Waals surface area contributed by atoms with E-state index in [-0.39, 0.29) is 30.2 Å². The number of carbonyl (C=O) groups is 4. The van der Waals surface area contributed by atoms with Crippen LogP contribution in [0.2, 0.25) is 0 Å². The fourth-order valence-corrected chi connectivity index (χ4v) is 5.33. The normalized spacial score (nSPS) is 18.0. The molecule has 1 amide bonds. The van der Waals surface area contributed by atoms with Gasteiger partial charge in [-0.1, -0.05) is 38.5 Å². The Labute approximate surface area is 243 Å². The monoisotopic (exact) mass is 579 g/mol. The number of benzene rings is 2. The van der Waals surface area contributed by atoms with Crippen LogP contribution in [0, 0.1) is 5.92 Å². The zero-order valence-electron chi connectivity index (χ0n) is 24.1. The molecule has 1 fully saturated rings. The average molecular weight is 580 g/mol. The van der Waals surface area contributed by atoms with E-state index in [9.17, 15) is 29.4 Å². The van der Waals surface area contributed by atoms with Crippen molar-refractivity contribution in [3.63, 3.8) is 0 Å². The van der Waals surface area contributed by atoms with Crippen LogP contribution in [0.15, 0.2) is 48.5 Å². The first-order valence-corrected chi connectivity index (χ1v) is 14.0. The number of aliphatic carboxylic acids is 2. The predicted molar refractivity (Wildman–Crippen MR) is 155 cm³/mol. The second-order valence-corrected chi connectivity index (χ2v) is 10.7. The zero-order chi connectivity index (χ0) is 30.6. The van der Waals surface area contributed by atoms with Gasteiger partial charge in [0.2, 0.25) is 5.91 Å². The highest BCUT2D eigenvalue weighted by Crippen LogP contribution is 2.31. The van der Waals surface area contributed by atoms with Crippen molar-refractivity contribution >= 4 is 40.4 Å². The molecule has 1 saturated heterocycles. The van der Waals surface area contributed by atoms with E-state index in [1.807, 2.05) is 31.2 Å². The fourth-order valence-electron chi connectivity index (χ4n) is 5.33. The maximum absolute atomic E-state index is 13.7. The molecule has 4 rings (SSSR count). The number of aromatic amines is 1. The van der Waals surface area contributed by atoms with Gasteiger partial charge in [0, 0.05) is 48.7 Å². The second-order valence-electron chi connectivity index (χ2n) is 10.7. The lowest BCUT2D eigenvalue weighted by Gasteiger charge is -2.26. The summed E-state index contributed by atoms with van der Waals surface area (Å²) in [6, 6.07) is 11.6. The van der Waals surface area contributed by atoms with Gasteiger partial charge in [-0.3, -0.25) is 24.6 Å². The number of hydrogen-bond donors (Lipinski definition) is 4. The lowest BCUT2D eigenvalue weighted by molar-refractivity contribution is -0.143. The van der Waals surface area contributed by atoms with Crippen LogP contribution in [0.4, 0.5) is 5.69 Å². The molecule has 3 aromatic rings. The van der Waals surface area contributed by atoms with E-state index >= 15 is 0 Å². The third-order valence-corrected chi connectivity index (χ3v) is 7.97. The third-order valence-electron chi connectivity index (χ3n) is 7.97. The number of nitrogens with one attached hydrogen (secondary N) is 2. The number of methoxy groups -OCH3 is 1. The number of carboxylic acids is 2. The summed E-state index contributed by atoms with van der Waals surface area (Å²) in [4.78, 5) is 54.9. The Balaban J connectivity index is 1.66. The van der Waals surface area contributed by atoms with Gasteiger partial charge in [0.05, 0.1) is 5.92 Å². The smallest absolute Gasteiger partial charge is 0.328 e. The number of hydrogen-bond acceptors (Lipinski definition) is 7. The highest BCUT2D eigenvalue weighted by Gasteiger charge is 2.34. The van der Waals surface area contributed by atoms with E-state index in [4.69, 9.17) is 9.47 Å². The first kappa shape index (κ1) is 30.7. The van der Waals surface area contributed by atoms with Gasteiger partial charge in [-0.05, 0) is 48.7 Å². The van der Waals surface area contributed by atoms with Gasteiger partial charge >= 0.3 is 17.9 Å². The van der Waals surface area contributed by atoms with Gasteiger partial charge in [-0.2, -0.15) is 0 Å². The molecule has 1 aliphatic rings. The van der Waals surface area contributed by atoms with E-state index < -0.39 is 35.9 Å². The van der Waals surface area contributed by atoms with Crippen LogP contribution in [-0.2, 0) is 30.3 Å². The standard InChI is InChI=1S/C31H37N3O8/c1-5-17(2)27(30(38)39)33-24(16-22-21-8-6-7-9-23(21)32-28(22)18(3)29(36)37)31(40)42-20-12-10-19(11-13-20)34-25(35)14-15-26(34)41-4/h6-13,17-18,24,26-27,32-33H,5,14-16H2,1-4H3,(H,36,37)(H,38,39). The number of fused-ring (bicyclic) bond motifs is 1. The Hall–Kier alpha value is -4.22. The molecular formula is C31H37N3O8. The Morgan fingerprint density at radius 3 is 2.38 bits per heavy atom. The summed E-state index contributed by atoms with van der Waals surface area (Å²) >= 11 is 0. The Morgan fingerprint density at radius 2 is 1.76 bits per heavy atom. The van der Waals surface area contributed by atoms with Gasteiger partial charge in [0.15, 0.2) is 0 Å². The van der Waals surface area contributed by atoms with E-state index in [1.165, 1.54) is 0 Å². The number of ether oxygens (including phenoxy) is 2. The van der Waals surface area contributed by atoms with Gasteiger partial charge in [0.1, 0.15) is 24.1 Å². The average Bonchev–Trinajstić information content (AvgIpc) is 3.54. The maximum atomic E-state index is 13.7. The molecule has 5 atom stereocenters. The maximum Gasteiger partial charge on any atom is 0.328 e. The number of anilines is 1. The minimum Gasteiger partial charge on any atom is -0.481 e. The van der Waals surface area contributed by atoms with Crippen molar-refractivity contribution in [3.8, 4) is 5.75 Å². The van der Waals surface area contributed by atoms with Crippen LogP contribution >= 0.6 is 0 Å². The second kappa shape index (κ2) is 13.2. The van der Waals surface area contributed by atoms with Crippen LogP contribution in [0.3, 0.4) is 0 Å². The first-order valence-electron chi connectivity index (χ1n) is 14.0. The highest BCUT2D eigenvalue weighted by atomic mass is 16.5. The van der Waals surface area contributed by atoms with Gasteiger partial charge in [-0.15, -0.1) is 0 Å². The Bertz CT molecular complexity index is 1450. The molecule has 0 saturated carbocycles. The number of esters is 1. The molecule has 42 heavy (non-hydrogen) atoms. The lowest BCUT2D eigenvalue weighted by Crippen LogP contribution is -2.52. The van der Waals surface area contributed by atoms with Crippen molar-refractivity contribution in [1.82, 2.24) is 10.3 Å². The molecule has 2 aromatic carbocycles. The summed E-state index contributed by atoms with van der Waals surface area (Å²) in [6.45, 7) is 5.20. The largest absolute Gasteiger partial charge is 0.481 e. The van der Waals surface area contributed by atoms with Crippen LogP contribution in [0.5, 0.6) is 5.75 Å². The van der Waals surface area contributed by atoms with Crippen LogP contribution in [-0.4, -0.2) is 64.4 Å². The number of carboxylic acid groups (broad SMARTS) is 2. The molecule has 11 heteroatoms. The minimum atomic E-state index is -1.11. The van der Waals surface area contributed by atoms with Crippen molar-refractivity contribution in [2.24, 2.45) is 5.92 Å². The molecule has 5 unspecified atom stereocenters. The summed E-state index contributed by atoms with van der Waals surface area (Å²) in [5.41, 5.74) is 2.34. The lowest BCUT2D eigenvalue weighted by atomic mass is 9.94. The molecule has 0 aliphatic carbocycles. The summed E-state index contributed by atoms with van der Waals surface area (Å²) in [7, 11) is 1.54. The molecule has 1 aromatic heterocycles. The minimum absolute atomic E-state index is 0.00804. The Kier molecular flexibility index (Phi) is 9.64. The van der Waals surface area contributed by atoms with Gasteiger partial charge < -0.3 is 24.7 Å². The van der Waals surface area contributed by atoms with Crippen molar-refractivity contribution < 1.29 is 38.9 Å². The molecule has 0 spiro atoms.